The minimum atomic E-state index is -0.304. The van der Waals surface area contributed by atoms with Crippen molar-refractivity contribution in [2.75, 3.05) is 0 Å². The van der Waals surface area contributed by atoms with E-state index in [1.54, 1.807) is 0 Å². The van der Waals surface area contributed by atoms with Crippen LogP contribution in [0.2, 0.25) is 0 Å². The van der Waals surface area contributed by atoms with Crippen LogP contribution in [0.5, 0.6) is 0 Å². The van der Waals surface area contributed by atoms with Crippen molar-refractivity contribution >= 4 is 38.2 Å². The first kappa shape index (κ1) is 15.6. The molecular weight excluding hydrogens is 373 g/mol. The third-order valence-electron chi connectivity index (χ3n) is 3.60. The molecule has 2 rings (SSSR count). The fourth-order valence-corrected chi connectivity index (χ4v) is 3.22. The molecule has 0 aromatic rings. The van der Waals surface area contributed by atoms with Crippen LogP contribution in [-0.2, 0) is 19.2 Å². The molecule has 0 aromatic heterocycles. The molecule has 5 nitrogen and oxygen atoms in total. The molecule has 0 radical (unpaired) electrons. The number of imide groups is 1. The van der Waals surface area contributed by atoms with E-state index in [1.165, 1.54) is 0 Å². The number of hydrogen-bond donors (Lipinski definition) is 0. The average Bonchev–Trinajstić information content (AvgIpc) is 2.65. The zero-order chi connectivity index (χ0) is 14.5. The molecule has 0 saturated carbocycles. The van der Waals surface area contributed by atoms with Gasteiger partial charge in [-0.2, -0.15) is 5.06 Å². The fourth-order valence-electron chi connectivity index (χ4n) is 2.60. The largest absolute Gasteiger partial charge is 0.288 e. The zero-order valence-electron chi connectivity index (χ0n) is 11.2. The number of amides is 2. The fraction of sp³-hybridized carbons (Fsp3) is 0.643. The van der Waals surface area contributed by atoms with Crippen molar-refractivity contribution in [3.63, 3.8) is 0 Å². The van der Waals surface area contributed by atoms with Crippen LogP contribution in [0, 0.1) is 5.92 Å². The van der Waals surface area contributed by atoms with Crippen LogP contribution >= 0.6 is 22.6 Å². The molecule has 0 bridgehead atoms. The molecule has 2 unspecified atom stereocenters. The van der Waals surface area contributed by atoms with Gasteiger partial charge in [-0.15, -0.1) is 0 Å². The Bertz CT molecular complexity index is 419. The van der Waals surface area contributed by atoms with Crippen molar-refractivity contribution in [1.29, 1.82) is 0 Å². The summed E-state index contributed by atoms with van der Waals surface area (Å²) >= 11 is 1.81. The Morgan fingerprint density at radius 3 is 2.70 bits per heavy atom. The lowest BCUT2D eigenvalue weighted by molar-refractivity contribution is -0.198. The second-order valence-electron chi connectivity index (χ2n) is 5.25. The highest BCUT2D eigenvalue weighted by molar-refractivity contribution is 14.1. The van der Waals surface area contributed by atoms with Crippen molar-refractivity contribution in [1.82, 2.24) is 5.06 Å². The molecule has 1 aliphatic heterocycles. The highest BCUT2D eigenvalue weighted by Crippen LogP contribution is 2.26. The Morgan fingerprint density at radius 2 is 2.05 bits per heavy atom. The Balaban J connectivity index is 1.99. The van der Waals surface area contributed by atoms with E-state index in [-0.39, 0.29) is 40.5 Å². The maximum atomic E-state index is 11.6. The van der Waals surface area contributed by atoms with Gasteiger partial charge in [-0.05, 0) is 54.2 Å². The second-order valence-corrected chi connectivity index (χ2v) is 6.45. The minimum absolute atomic E-state index is 0.143. The van der Waals surface area contributed by atoms with E-state index < -0.39 is 0 Å². The summed E-state index contributed by atoms with van der Waals surface area (Å²) in [5.41, 5.74) is 0. The lowest BCUT2D eigenvalue weighted by atomic mass is 9.90. The molecule has 110 valence electrons. The highest BCUT2D eigenvalue weighted by Gasteiger charge is 2.32. The molecule has 0 aromatic carbocycles. The van der Waals surface area contributed by atoms with E-state index in [0.29, 0.717) is 12.8 Å². The van der Waals surface area contributed by atoms with Crippen LogP contribution in [0.4, 0.5) is 0 Å². The zero-order valence-corrected chi connectivity index (χ0v) is 13.4. The highest BCUT2D eigenvalue weighted by atomic mass is 127. The van der Waals surface area contributed by atoms with Crippen molar-refractivity contribution in [2.45, 2.75) is 51.0 Å². The number of nitrogens with zero attached hydrogens (tertiary/aromatic N) is 1. The van der Waals surface area contributed by atoms with Crippen LogP contribution in [0.1, 0.15) is 44.9 Å². The summed E-state index contributed by atoms with van der Waals surface area (Å²) in [6.07, 6.45) is 8.24. The van der Waals surface area contributed by atoms with Gasteiger partial charge in [-0.1, -0.05) is 12.2 Å². The molecular formula is C14H18INO4. The van der Waals surface area contributed by atoms with E-state index in [0.717, 1.165) is 24.3 Å². The van der Waals surface area contributed by atoms with E-state index >= 15 is 0 Å². The molecule has 2 amide bonds. The summed E-state index contributed by atoms with van der Waals surface area (Å²) in [6.45, 7) is 0. The van der Waals surface area contributed by atoms with E-state index in [2.05, 4.69) is 0 Å². The molecule has 0 spiro atoms. The van der Waals surface area contributed by atoms with Crippen LogP contribution in [0.3, 0.4) is 0 Å². The van der Waals surface area contributed by atoms with Crippen molar-refractivity contribution in [3.05, 3.63) is 12.2 Å². The van der Waals surface area contributed by atoms with Gasteiger partial charge >= 0.3 is 0 Å². The molecule has 1 fully saturated rings. The van der Waals surface area contributed by atoms with Gasteiger partial charge in [0.2, 0.25) is 0 Å². The molecule has 0 N–H and O–H groups in total. The standard InChI is InChI=1S/C14H18INO4/c15-12(17)9-10-4-2-1-3-5-11(8-10)20-16-13(18)6-7-14(16)19/h3,5,10-11H,1-2,4,6-9H2/b5-3+. The molecule has 2 aliphatic rings. The molecule has 6 heteroatoms. The lowest BCUT2D eigenvalue weighted by Gasteiger charge is -2.25. The molecule has 2 atom stereocenters. The average molecular weight is 391 g/mol. The van der Waals surface area contributed by atoms with Gasteiger partial charge < -0.3 is 0 Å². The van der Waals surface area contributed by atoms with Gasteiger partial charge in [0.1, 0.15) is 6.10 Å². The summed E-state index contributed by atoms with van der Waals surface area (Å²) in [6, 6.07) is 0. The maximum absolute atomic E-state index is 11.6. The summed E-state index contributed by atoms with van der Waals surface area (Å²) in [7, 11) is 0. The molecule has 20 heavy (non-hydrogen) atoms. The SMILES string of the molecule is O=C(I)CC1CCC/C=C/C(ON2C(=O)CCC2=O)C1. The van der Waals surface area contributed by atoms with Gasteiger partial charge in [-0.25, -0.2) is 0 Å². The molecule has 1 aliphatic carbocycles. The minimum Gasteiger partial charge on any atom is -0.288 e. The molecule has 1 saturated heterocycles. The van der Waals surface area contributed by atoms with E-state index in [9.17, 15) is 14.4 Å². The predicted molar refractivity (Wildman–Crippen MR) is 80.7 cm³/mol. The number of allylic oxidation sites excluding steroid dienone is 1. The predicted octanol–water partition coefficient (Wildman–Crippen LogP) is 2.53. The number of carbonyl (C=O) groups is 3. The number of carbonyl (C=O) groups excluding carboxylic acids is 3. The lowest BCUT2D eigenvalue weighted by Crippen LogP contribution is -2.34. The van der Waals surface area contributed by atoms with Gasteiger partial charge in [0.05, 0.1) is 0 Å². The number of halogens is 1. The number of hydroxylamine groups is 2. The van der Waals surface area contributed by atoms with Crippen LogP contribution in [-0.4, -0.2) is 26.8 Å². The first-order valence-electron chi connectivity index (χ1n) is 6.94. The third-order valence-corrected chi connectivity index (χ3v) is 4.04. The first-order valence-corrected chi connectivity index (χ1v) is 8.01. The van der Waals surface area contributed by atoms with Gasteiger partial charge in [0.15, 0.2) is 3.79 Å². The normalized spacial score (nSPS) is 29.1. The van der Waals surface area contributed by atoms with Crippen molar-refractivity contribution in [3.8, 4) is 0 Å². The summed E-state index contributed by atoms with van der Waals surface area (Å²) < 4.78 is 0.143. The Kier molecular flexibility index (Phi) is 5.71. The van der Waals surface area contributed by atoms with Crippen molar-refractivity contribution < 1.29 is 19.2 Å². The smallest absolute Gasteiger partial charge is 0.254 e. The second kappa shape index (κ2) is 7.31. The summed E-state index contributed by atoms with van der Waals surface area (Å²) in [5.74, 6) is -0.291. The van der Waals surface area contributed by atoms with Gasteiger partial charge in [0, 0.05) is 19.3 Å². The quantitative estimate of drug-likeness (QED) is 0.320. The van der Waals surface area contributed by atoms with Crippen LogP contribution < -0.4 is 0 Å². The Labute approximate surface area is 131 Å². The number of hydrogen-bond acceptors (Lipinski definition) is 4. The molecule has 1 heterocycles. The Morgan fingerprint density at radius 1 is 1.35 bits per heavy atom. The first-order chi connectivity index (χ1) is 9.56. The third kappa shape index (κ3) is 4.37. The monoisotopic (exact) mass is 391 g/mol. The summed E-state index contributed by atoms with van der Waals surface area (Å²) in [5, 5.41) is 0.902. The van der Waals surface area contributed by atoms with Crippen LogP contribution in [0.15, 0.2) is 12.2 Å². The van der Waals surface area contributed by atoms with Gasteiger partial charge in [-0.3, -0.25) is 19.2 Å². The summed E-state index contributed by atoms with van der Waals surface area (Å²) in [4.78, 5) is 40.0. The van der Waals surface area contributed by atoms with E-state index in [4.69, 9.17) is 4.84 Å². The number of rotatable bonds is 4. The van der Waals surface area contributed by atoms with E-state index in [1.807, 2.05) is 34.7 Å². The topological polar surface area (TPSA) is 63.7 Å². The Hall–Kier alpha value is -0.760. The van der Waals surface area contributed by atoms with Crippen LogP contribution in [0.25, 0.3) is 0 Å². The maximum Gasteiger partial charge on any atom is 0.254 e. The van der Waals surface area contributed by atoms with Gasteiger partial charge in [0.25, 0.3) is 11.8 Å². The van der Waals surface area contributed by atoms with Crippen molar-refractivity contribution in [2.24, 2.45) is 5.92 Å².